The fourth-order valence-corrected chi connectivity index (χ4v) is 1.19. The Morgan fingerprint density at radius 3 is 2.44 bits per heavy atom. The van der Waals surface area contributed by atoms with Gasteiger partial charge in [-0.05, 0) is 12.0 Å². The van der Waals surface area contributed by atoms with Crippen molar-refractivity contribution in [3.05, 3.63) is 35.9 Å². The van der Waals surface area contributed by atoms with Gasteiger partial charge in [0.1, 0.15) is 0 Å². The van der Waals surface area contributed by atoms with Crippen molar-refractivity contribution in [2.45, 2.75) is 12.8 Å². The zero-order valence-electron chi connectivity index (χ0n) is 9.84. The van der Waals surface area contributed by atoms with Gasteiger partial charge in [0, 0.05) is 6.42 Å². The largest absolute Gasteiger partial charge is 0.451 e. The van der Waals surface area contributed by atoms with E-state index in [0.717, 1.165) is 12.7 Å². The molecule has 0 fully saturated rings. The number of hydrogen-bond donors (Lipinski definition) is 1. The van der Waals surface area contributed by atoms with Gasteiger partial charge >= 0.3 is 12.1 Å². The van der Waals surface area contributed by atoms with Gasteiger partial charge in [0.25, 0.3) is 0 Å². The van der Waals surface area contributed by atoms with E-state index in [4.69, 9.17) is 0 Å². The summed E-state index contributed by atoms with van der Waals surface area (Å²) in [6, 6.07) is 9.25. The first-order chi connectivity index (χ1) is 8.63. The molecular weight excluding hydrogens is 238 g/mol. The normalized spacial score (nSPS) is 9.39. The van der Waals surface area contributed by atoms with Crippen molar-refractivity contribution in [2.75, 3.05) is 7.11 Å². The Morgan fingerprint density at radius 2 is 1.83 bits per heavy atom. The molecule has 0 radical (unpaired) electrons. The van der Waals surface area contributed by atoms with E-state index in [1.54, 1.807) is 5.48 Å². The highest BCUT2D eigenvalue weighted by molar-refractivity contribution is 6.33. The molecule has 18 heavy (non-hydrogen) atoms. The average molecular weight is 251 g/mol. The number of ketones is 1. The van der Waals surface area contributed by atoms with Crippen LogP contribution in [0.4, 0.5) is 4.79 Å². The lowest BCUT2D eigenvalue weighted by molar-refractivity contribution is -0.158. The standard InChI is InChI=1S/C12H13NO5/c1-17-12(16)13-18-11(15)10(14)8-7-9-5-3-2-4-6-9/h2-6H,7-8H2,1H3,(H,13,16). The molecule has 0 aliphatic carbocycles. The number of amides is 1. The van der Waals surface area contributed by atoms with Crippen molar-refractivity contribution >= 4 is 17.8 Å². The second-order valence-corrected chi connectivity index (χ2v) is 3.39. The molecule has 0 aromatic heterocycles. The van der Waals surface area contributed by atoms with Gasteiger partial charge in [0.2, 0.25) is 5.78 Å². The Bertz CT molecular complexity index is 429. The average Bonchev–Trinajstić information content (AvgIpc) is 2.42. The van der Waals surface area contributed by atoms with Gasteiger partial charge in [-0.1, -0.05) is 30.3 Å². The Balaban J connectivity index is 2.32. The summed E-state index contributed by atoms with van der Waals surface area (Å²) in [5.74, 6) is -1.83. The van der Waals surface area contributed by atoms with Crippen LogP contribution in [0.1, 0.15) is 12.0 Å². The summed E-state index contributed by atoms with van der Waals surface area (Å²) < 4.78 is 4.17. The molecule has 0 heterocycles. The highest BCUT2D eigenvalue weighted by Crippen LogP contribution is 2.03. The van der Waals surface area contributed by atoms with Crippen molar-refractivity contribution in [3.63, 3.8) is 0 Å². The van der Waals surface area contributed by atoms with Crippen LogP contribution in [0.2, 0.25) is 0 Å². The third-order valence-electron chi connectivity index (χ3n) is 2.12. The number of Topliss-reactive ketones (excluding diaryl/α,β-unsaturated/α-hetero) is 1. The maximum Gasteiger partial charge on any atom is 0.440 e. The summed E-state index contributed by atoms with van der Waals surface area (Å²) in [6.45, 7) is 0. The fourth-order valence-electron chi connectivity index (χ4n) is 1.19. The number of nitrogens with one attached hydrogen (secondary N) is 1. The van der Waals surface area contributed by atoms with E-state index in [0.29, 0.717) is 6.42 Å². The Hall–Kier alpha value is -2.37. The summed E-state index contributed by atoms with van der Waals surface area (Å²) in [4.78, 5) is 37.3. The predicted octanol–water partition coefficient (Wildman–Crippen LogP) is 1.00. The van der Waals surface area contributed by atoms with Gasteiger partial charge in [0.05, 0.1) is 7.11 Å². The number of aryl methyl sites for hydroxylation is 1. The molecule has 1 aromatic carbocycles. The molecule has 1 rings (SSSR count). The maximum atomic E-state index is 11.4. The van der Waals surface area contributed by atoms with Crippen molar-refractivity contribution < 1.29 is 24.0 Å². The van der Waals surface area contributed by atoms with E-state index in [2.05, 4.69) is 9.57 Å². The first kappa shape index (κ1) is 13.7. The van der Waals surface area contributed by atoms with E-state index in [9.17, 15) is 14.4 Å². The molecule has 6 heteroatoms. The fraction of sp³-hybridized carbons (Fsp3) is 0.250. The van der Waals surface area contributed by atoms with Crippen LogP contribution in [0.15, 0.2) is 30.3 Å². The number of rotatable bonds is 4. The molecule has 96 valence electrons. The molecule has 0 atom stereocenters. The smallest absolute Gasteiger partial charge is 0.440 e. The van der Waals surface area contributed by atoms with Crippen molar-refractivity contribution in [1.82, 2.24) is 5.48 Å². The van der Waals surface area contributed by atoms with E-state index >= 15 is 0 Å². The van der Waals surface area contributed by atoms with E-state index in [-0.39, 0.29) is 6.42 Å². The third-order valence-corrected chi connectivity index (χ3v) is 2.12. The summed E-state index contributed by atoms with van der Waals surface area (Å²) >= 11 is 0. The Labute approximate surface area is 104 Å². The number of benzene rings is 1. The van der Waals surface area contributed by atoms with Crippen LogP contribution in [0, 0.1) is 0 Å². The molecule has 0 bridgehead atoms. The van der Waals surface area contributed by atoms with Gasteiger partial charge in [-0.15, -0.1) is 5.48 Å². The van der Waals surface area contributed by atoms with Crippen LogP contribution < -0.4 is 5.48 Å². The monoisotopic (exact) mass is 251 g/mol. The van der Waals surface area contributed by atoms with Crippen LogP contribution in [0.5, 0.6) is 0 Å². The van der Waals surface area contributed by atoms with Gasteiger partial charge in [0.15, 0.2) is 0 Å². The predicted molar refractivity (Wildman–Crippen MR) is 61.4 cm³/mol. The minimum atomic E-state index is -1.11. The van der Waals surface area contributed by atoms with Gasteiger partial charge in [-0.3, -0.25) is 4.79 Å². The highest BCUT2D eigenvalue weighted by atomic mass is 16.7. The lowest BCUT2D eigenvalue weighted by atomic mass is 10.1. The summed E-state index contributed by atoms with van der Waals surface area (Å²) in [7, 11) is 1.11. The number of carbonyl (C=O) groups excluding carboxylic acids is 3. The van der Waals surface area contributed by atoms with Crippen LogP contribution in [0.25, 0.3) is 0 Å². The number of ether oxygens (including phenoxy) is 1. The van der Waals surface area contributed by atoms with E-state index in [1.165, 1.54) is 0 Å². The zero-order valence-corrected chi connectivity index (χ0v) is 9.84. The zero-order chi connectivity index (χ0) is 13.4. The molecule has 0 aliphatic heterocycles. The van der Waals surface area contributed by atoms with Gasteiger partial charge < -0.3 is 9.57 Å². The SMILES string of the molecule is COC(=O)NOC(=O)C(=O)CCc1ccccc1. The van der Waals surface area contributed by atoms with Crippen molar-refractivity contribution in [2.24, 2.45) is 0 Å². The lowest BCUT2D eigenvalue weighted by Gasteiger charge is -2.03. The van der Waals surface area contributed by atoms with Crippen LogP contribution >= 0.6 is 0 Å². The number of carbonyl (C=O) groups is 3. The van der Waals surface area contributed by atoms with E-state index in [1.807, 2.05) is 30.3 Å². The first-order valence-electron chi connectivity index (χ1n) is 5.25. The second-order valence-electron chi connectivity index (χ2n) is 3.39. The Morgan fingerprint density at radius 1 is 1.17 bits per heavy atom. The minimum Gasteiger partial charge on any atom is -0.451 e. The molecule has 1 N–H and O–H groups in total. The van der Waals surface area contributed by atoms with Crippen LogP contribution in [0.3, 0.4) is 0 Å². The topological polar surface area (TPSA) is 81.7 Å². The molecular formula is C12H13NO5. The van der Waals surface area contributed by atoms with Crippen molar-refractivity contribution in [3.8, 4) is 0 Å². The van der Waals surface area contributed by atoms with Gasteiger partial charge in [-0.25, -0.2) is 9.59 Å². The summed E-state index contributed by atoms with van der Waals surface area (Å²) in [5.41, 5.74) is 2.62. The number of hydroxylamine groups is 1. The first-order valence-corrected chi connectivity index (χ1v) is 5.25. The highest BCUT2D eigenvalue weighted by Gasteiger charge is 2.16. The quantitative estimate of drug-likeness (QED) is 0.637. The molecule has 0 spiro atoms. The molecule has 1 aromatic rings. The number of methoxy groups -OCH3 is 1. The van der Waals surface area contributed by atoms with Crippen molar-refractivity contribution in [1.29, 1.82) is 0 Å². The van der Waals surface area contributed by atoms with E-state index < -0.39 is 17.8 Å². The Kier molecular flexibility index (Phi) is 5.37. The summed E-state index contributed by atoms with van der Waals surface area (Å²) in [5, 5.41) is 0. The molecule has 0 aliphatic rings. The number of hydrogen-bond acceptors (Lipinski definition) is 5. The van der Waals surface area contributed by atoms with Crippen LogP contribution in [-0.2, 0) is 25.6 Å². The van der Waals surface area contributed by atoms with Gasteiger partial charge in [-0.2, -0.15) is 0 Å². The summed E-state index contributed by atoms with van der Waals surface area (Å²) in [6.07, 6.45) is -0.488. The lowest BCUT2D eigenvalue weighted by Crippen LogP contribution is -2.30. The van der Waals surface area contributed by atoms with Crippen LogP contribution in [-0.4, -0.2) is 25.0 Å². The minimum absolute atomic E-state index is 0.0195. The molecule has 0 unspecified atom stereocenters. The molecule has 0 saturated heterocycles. The molecule has 1 amide bonds. The molecule has 6 nitrogen and oxygen atoms in total. The molecule has 0 saturated carbocycles. The second kappa shape index (κ2) is 7.05. The third kappa shape index (κ3) is 4.65. The maximum absolute atomic E-state index is 11.4.